The second kappa shape index (κ2) is 34.7. The third kappa shape index (κ3) is 20.6. The van der Waals surface area contributed by atoms with Gasteiger partial charge in [-0.15, -0.1) is 0 Å². The van der Waals surface area contributed by atoms with E-state index in [2.05, 4.69) is 61.7 Å². The third-order valence-corrected chi connectivity index (χ3v) is 14.7. The van der Waals surface area contributed by atoms with Gasteiger partial charge in [-0.3, -0.25) is 47.9 Å². The molecule has 27 heteroatoms. The van der Waals surface area contributed by atoms with Gasteiger partial charge in [0.15, 0.2) is 0 Å². The molecule has 80 heavy (non-hydrogen) atoms. The fraction of sp³-hybridized carbons (Fsp3) is 0.698. The Labute approximate surface area is 468 Å². The summed E-state index contributed by atoms with van der Waals surface area (Å²) in [7, 11) is 0. The van der Waals surface area contributed by atoms with Crippen molar-refractivity contribution in [1.82, 2.24) is 52.8 Å². The molecule has 3 heterocycles. The molecule has 27 nitrogen and oxygen atoms in total. The van der Waals surface area contributed by atoms with Crippen LogP contribution in [0.3, 0.4) is 0 Å². The molecule has 450 valence electrons. The van der Waals surface area contributed by atoms with Crippen LogP contribution in [0.1, 0.15) is 117 Å². The van der Waals surface area contributed by atoms with E-state index in [1.54, 1.807) is 30.3 Å². The third-order valence-electron chi connectivity index (χ3n) is 14.7. The van der Waals surface area contributed by atoms with Crippen LogP contribution >= 0.6 is 0 Å². The summed E-state index contributed by atoms with van der Waals surface area (Å²) in [5.74, 6) is -7.34. The van der Waals surface area contributed by atoms with Gasteiger partial charge in [-0.2, -0.15) is 0 Å². The molecule has 3 saturated heterocycles. The maximum Gasteiger partial charge on any atom is 0.245 e. The number of hydrogen-bond donors (Lipinski definition) is 16. The second-order valence-corrected chi connectivity index (χ2v) is 20.8. The van der Waals surface area contributed by atoms with Crippen molar-refractivity contribution in [3.8, 4) is 0 Å². The summed E-state index contributed by atoms with van der Waals surface area (Å²) in [5.41, 5.74) is 28.7. The van der Waals surface area contributed by atoms with E-state index in [4.69, 9.17) is 28.7 Å². The van der Waals surface area contributed by atoms with Crippen LogP contribution in [0.15, 0.2) is 30.3 Å². The topological polar surface area (TPSA) is 453 Å². The Morgan fingerprint density at radius 2 is 1.23 bits per heavy atom. The average molecular weight is 1130 g/mol. The van der Waals surface area contributed by atoms with E-state index in [9.17, 15) is 58.2 Å². The molecule has 0 aliphatic carbocycles. The first-order chi connectivity index (χ1) is 38.1. The van der Waals surface area contributed by atoms with Crippen LogP contribution in [0.5, 0.6) is 0 Å². The van der Waals surface area contributed by atoms with E-state index < -0.39 is 132 Å². The lowest BCUT2D eigenvalue weighted by Gasteiger charge is -2.42. The maximum atomic E-state index is 14.6. The number of aliphatic hydroxyl groups is 2. The van der Waals surface area contributed by atoms with E-state index in [1.807, 2.05) is 0 Å². The molecule has 3 aliphatic heterocycles. The van der Waals surface area contributed by atoms with Gasteiger partial charge in [-0.1, -0.05) is 63.4 Å². The predicted octanol–water partition coefficient (Wildman–Crippen LogP) is -4.94. The number of nitrogens with one attached hydrogen (secondary N) is 9. The van der Waals surface area contributed by atoms with Gasteiger partial charge in [-0.25, -0.2) is 0 Å². The number of fused-ring (bicyclic) bond motifs is 19. The Bertz CT molecular complexity index is 2200. The summed E-state index contributed by atoms with van der Waals surface area (Å²) >= 11 is 0. The molecule has 3 aliphatic rings. The molecule has 1 aromatic rings. The van der Waals surface area contributed by atoms with Crippen molar-refractivity contribution in [2.24, 2.45) is 34.6 Å². The molecule has 2 bridgehead atoms. The van der Waals surface area contributed by atoms with Gasteiger partial charge >= 0.3 is 0 Å². The van der Waals surface area contributed by atoms with Gasteiger partial charge in [0.25, 0.3) is 0 Å². The zero-order valence-electron chi connectivity index (χ0n) is 46.9. The number of nitrogens with two attached hydrogens (primary N) is 5. The minimum Gasteiger partial charge on any atom is -0.391 e. The molecule has 0 spiro atoms. The number of carbonyl (C=O) groups excluding carboxylic acids is 10. The van der Waals surface area contributed by atoms with Crippen LogP contribution in [0.4, 0.5) is 0 Å². The SMILES string of the molecule is CCC(C)CCCCC(=O)N[C@@H](CCN)C(=O)N[C@H](C(=O)N[C@@H](CCN)C(=O)N[C@H]1CCNC(=O)[C@H]([C@@H](C)O)NC(=O)[C@H](CCN)NC(=O)[C@H](CCN)NC(=O)C2(c3ccccc3)CCN(CC2)C(=O)[C@H](CCN)NC1=O)[C@@H](C)O. The summed E-state index contributed by atoms with van der Waals surface area (Å²) in [6.07, 6.45) is -0.246. The molecule has 3 fully saturated rings. The molecule has 21 N–H and O–H groups in total. The number of piperidine rings is 1. The minimum absolute atomic E-state index is 0.00365. The summed E-state index contributed by atoms with van der Waals surface area (Å²) in [6.45, 7) is 5.87. The molecule has 0 aromatic heterocycles. The largest absolute Gasteiger partial charge is 0.391 e. The minimum atomic E-state index is -1.66. The molecule has 4 rings (SSSR count). The van der Waals surface area contributed by atoms with E-state index >= 15 is 0 Å². The van der Waals surface area contributed by atoms with Gasteiger partial charge in [0, 0.05) is 26.1 Å². The number of rotatable bonds is 26. The van der Waals surface area contributed by atoms with Gasteiger partial charge in [0.2, 0.25) is 59.1 Å². The number of nitrogens with zero attached hydrogens (tertiary/aromatic N) is 1. The Morgan fingerprint density at radius 3 is 1.79 bits per heavy atom. The number of unbranched alkanes of at least 4 members (excludes halogenated alkanes) is 1. The summed E-state index contributed by atoms with van der Waals surface area (Å²) in [6, 6.07) is -2.62. The average Bonchev–Trinajstić information content (AvgIpc) is 3.43. The molecule has 0 radical (unpaired) electrons. The fourth-order valence-electron chi connectivity index (χ4n) is 9.56. The number of benzene rings is 1. The summed E-state index contributed by atoms with van der Waals surface area (Å²) < 4.78 is 0. The first-order valence-electron chi connectivity index (χ1n) is 28.0. The van der Waals surface area contributed by atoms with E-state index in [0.29, 0.717) is 17.9 Å². The van der Waals surface area contributed by atoms with E-state index in [0.717, 1.165) is 19.3 Å². The number of aliphatic hydroxyl groups excluding tert-OH is 2. The van der Waals surface area contributed by atoms with Crippen molar-refractivity contribution in [2.45, 2.75) is 177 Å². The fourth-order valence-corrected chi connectivity index (χ4v) is 9.56. The Balaban J connectivity index is 1.99. The monoisotopic (exact) mass is 1130 g/mol. The van der Waals surface area contributed by atoms with Crippen LogP contribution in [-0.2, 0) is 53.4 Å². The van der Waals surface area contributed by atoms with Crippen LogP contribution < -0.4 is 76.5 Å². The zero-order chi connectivity index (χ0) is 59.5. The quantitative estimate of drug-likeness (QED) is 0.0305. The summed E-state index contributed by atoms with van der Waals surface area (Å²) in [4.78, 5) is 141. The molecular formula is C53H91N15O12. The highest BCUT2D eigenvalue weighted by Crippen LogP contribution is 2.36. The summed E-state index contributed by atoms with van der Waals surface area (Å²) in [5, 5.41) is 44.8. The van der Waals surface area contributed by atoms with Crippen LogP contribution in [0, 0.1) is 5.92 Å². The standard InChI is InChI=1S/C53H91N15O12/c1-5-31(2)11-9-10-14-41(71)60-35(15-23-54)47(75)67-43(33(4)70)50(78)63-36(16-24-55)44(72)62-39-20-28-59-49(77)42(32(3)69)66-48(76)37(17-25-56)61-45(73)38(18-26-57)65-52(80)53(34-12-7-6-8-13-34)21-29-68(30-22-53)51(79)40(19-27-58)64-46(39)74/h6-8,12-13,31-33,35-40,42-43,69-70H,5,9-11,14-30,54-58H2,1-4H3,(H,59,77)(H,60,71)(H,61,73)(H,62,72)(H,63,78)(H,64,74)(H,65,80)(H,66,76)(H,67,75)/t31?,32-,33-,35+,36+,37+,38+,39+,40+,42+,43+/m1/s1. The van der Waals surface area contributed by atoms with E-state index in [1.165, 1.54) is 18.7 Å². The lowest BCUT2D eigenvalue weighted by Crippen LogP contribution is -2.62. The highest BCUT2D eigenvalue weighted by Gasteiger charge is 2.46. The van der Waals surface area contributed by atoms with Gasteiger partial charge in [0.1, 0.15) is 48.3 Å². The van der Waals surface area contributed by atoms with Crippen molar-refractivity contribution < 1.29 is 58.2 Å². The highest BCUT2D eigenvalue weighted by molar-refractivity contribution is 5.98. The van der Waals surface area contributed by atoms with Gasteiger partial charge in [-0.05, 0) is 116 Å². The normalized spacial score (nSPS) is 24.1. The van der Waals surface area contributed by atoms with Gasteiger partial charge < -0.3 is 91.6 Å². The number of hydrogen-bond acceptors (Lipinski definition) is 17. The Hall–Kier alpha value is -6.36. The van der Waals surface area contributed by atoms with Crippen LogP contribution in [0.2, 0.25) is 0 Å². The van der Waals surface area contributed by atoms with Crippen molar-refractivity contribution in [1.29, 1.82) is 0 Å². The van der Waals surface area contributed by atoms with Crippen molar-refractivity contribution >= 4 is 59.1 Å². The first kappa shape index (κ1) is 67.9. The van der Waals surface area contributed by atoms with Crippen molar-refractivity contribution in [3.05, 3.63) is 35.9 Å². The maximum absolute atomic E-state index is 14.6. The number of carbonyl (C=O) groups is 10. The molecule has 1 unspecified atom stereocenters. The lowest BCUT2D eigenvalue weighted by molar-refractivity contribution is -0.141. The Kier molecular flexibility index (Phi) is 29.5. The molecular weight excluding hydrogens is 1040 g/mol. The molecule has 10 amide bonds. The smallest absolute Gasteiger partial charge is 0.245 e. The van der Waals surface area contributed by atoms with Gasteiger partial charge in [0.05, 0.1) is 17.6 Å². The molecule has 1 aromatic carbocycles. The lowest BCUT2D eigenvalue weighted by atomic mass is 9.71. The van der Waals surface area contributed by atoms with Crippen molar-refractivity contribution in [2.75, 3.05) is 52.4 Å². The number of amides is 10. The predicted molar refractivity (Wildman–Crippen MR) is 297 cm³/mol. The molecule has 0 saturated carbocycles. The van der Waals surface area contributed by atoms with Crippen molar-refractivity contribution in [3.63, 3.8) is 0 Å². The van der Waals surface area contributed by atoms with E-state index in [-0.39, 0.29) is 104 Å². The molecule has 11 atom stereocenters. The Morgan fingerprint density at radius 1 is 0.662 bits per heavy atom. The zero-order valence-corrected chi connectivity index (χ0v) is 46.9. The highest BCUT2D eigenvalue weighted by atomic mass is 16.3. The van der Waals surface area contributed by atoms with Crippen LogP contribution in [0.25, 0.3) is 0 Å². The second-order valence-electron chi connectivity index (χ2n) is 20.8. The van der Waals surface area contributed by atoms with Crippen LogP contribution in [-0.4, -0.2) is 187 Å². The first-order valence-corrected chi connectivity index (χ1v) is 28.0.